The Balaban J connectivity index is 1.36. The van der Waals surface area contributed by atoms with E-state index in [-0.39, 0.29) is 0 Å². The molecule has 2 aromatic heterocycles. The molecule has 30 heavy (non-hydrogen) atoms. The molecule has 0 unspecified atom stereocenters. The molecule has 6 heteroatoms. The number of anilines is 1. The summed E-state index contributed by atoms with van der Waals surface area (Å²) in [6.45, 7) is 8.41. The van der Waals surface area contributed by atoms with Gasteiger partial charge in [0.2, 0.25) is 0 Å². The highest BCUT2D eigenvalue weighted by Gasteiger charge is 2.48. The van der Waals surface area contributed by atoms with Crippen LogP contribution in [0.5, 0.6) is 0 Å². The van der Waals surface area contributed by atoms with Crippen LogP contribution in [0.15, 0.2) is 18.5 Å². The Bertz CT molecular complexity index is 904. The first-order valence-electron chi connectivity index (χ1n) is 11.7. The van der Waals surface area contributed by atoms with E-state index in [1.165, 1.54) is 32.1 Å². The molecule has 4 saturated carbocycles. The molecule has 0 saturated heterocycles. The summed E-state index contributed by atoms with van der Waals surface area (Å²) >= 11 is 0. The number of rotatable bonds is 8. The van der Waals surface area contributed by atoms with Gasteiger partial charge in [0.15, 0.2) is 6.29 Å². The second-order valence-corrected chi connectivity index (χ2v) is 16.8. The van der Waals surface area contributed by atoms with Crippen molar-refractivity contribution in [3.63, 3.8) is 0 Å². The minimum Gasteiger partial charge on any atom is -0.381 e. The standard InChI is InChI=1S/C24H35N3O2Si/c1-30(2,3)7-6-29-15-27-5-4-21-23(20(14-28)13-25-24(21)27)26-22-18-9-16-8-17(11-18)12-19(22)10-16/h4-5,13-14,16-19,22H,6-12,15H2,1-3H3,(H,25,26). The average Bonchev–Trinajstić information content (AvgIpc) is 3.10. The van der Waals surface area contributed by atoms with Crippen molar-refractivity contribution in [2.75, 3.05) is 11.9 Å². The van der Waals surface area contributed by atoms with Crippen molar-refractivity contribution in [2.24, 2.45) is 23.7 Å². The van der Waals surface area contributed by atoms with Crippen LogP contribution in [0.2, 0.25) is 25.7 Å². The second kappa shape index (κ2) is 7.79. The molecule has 5 nitrogen and oxygen atoms in total. The van der Waals surface area contributed by atoms with Gasteiger partial charge in [0.05, 0.1) is 11.3 Å². The van der Waals surface area contributed by atoms with Gasteiger partial charge in [-0.25, -0.2) is 4.98 Å². The summed E-state index contributed by atoms with van der Waals surface area (Å²) in [6.07, 6.45) is 11.6. The van der Waals surface area contributed by atoms with E-state index < -0.39 is 8.07 Å². The van der Waals surface area contributed by atoms with Gasteiger partial charge in [-0.2, -0.15) is 0 Å². The van der Waals surface area contributed by atoms with E-state index in [9.17, 15) is 4.79 Å². The molecule has 0 radical (unpaired) electrons. The summed E-state index contributed by atoms with van der Waals surface area (Å²) in [6, 6.07) is 3.75. The van der Waals surface area contributed by atoms with Crippen LogP contribution in [-0.4, -0.2) is 36.6 Å². The zero-order chi connectivity index (χ0) is 20.9. The molecule has 4 aliphatic carbocycles. The van der Waals surface area contributed by atoms with Crippen molar-refractivity contribution >= 4 is 31.1 Å². The maximum atomic E-state index is 11.8. The maximum absolute atomic E-state index is 11.8. The van der Waals surface area contributed by atoms with Crippen LogP contribution >= 0.6 is 0 Å². The van der Waals surface area contributed by atoms with Crippen LogP contribution in [-0.2, 0) is 11.5 Å². The van der Waals surface area contributed by atoms with Crippen molar-refractivity contribution < 1.29 is 9.53 Å². The Morgan fingerprint density at radius 3 is 2.50 bits per heavy atom. The molecule has 1 N–H and O–H groups in total. The van der Waals surface area contributed by atoms with Crippen molar-refractivity contribution in [3.05, 3.63) is 24.0 Å². The Labute approximate surface area is 180 Å². The van der Waals surface area contributed by atoms with Crippen molar-refractivity contribution in [1.82, 2.24) is 9.55 Å². The first-order chi connectivity index (χ1) is 14.4. The summed E-state index contributed by atoms with van der Waals surface area (Å²) in [4.78, 5) is 16.4. The largest absolute Gasteiger partial charge is 0.381 e. The lowest BCUT2D eigenvalue weighted by Gasteiger charge is -2.54. The zero-order valence-electron chi connectivity index (χ0n) is 18.6. The molecule has 4 bridgehead atoms. The van der Waals surface area contributed by atoms with Gasteiger partial charge in [-0.1, -0.05) is 19.6 Å². The first kappa shape index (κ1) is 20.3. The first-order valence-corrected chi connectivity index (χ1v) is 15.4. The zero-order valence-corrected chi connectivity index (χ0v) is 19.6. The number of pyridine rings is 1. The fourth-order valence-electron chi connectivity index (χ4n) is 6.38. The van der Waals surface area contributed by atoms with Gasteiger partial charge in [0, 0.05) is 38.5 Å². The third-order valence-corrected chi connectivity index (χ3v) is 9.41. The quantitative estimate of drug-likeness (QED) is 0.350. The van der Waals surface area contributed by atoms with E-state index in [2.05, 4.69) is 40.6 Å². The highest BCUT2D eigenvalue weighted by atomic mass is 28.3. The van der Waals surface area contributed by atoms with Gasteiger partial charge in [-0.05, 0) is 67.9 Å². The lowest BCUT2D eigenvalue weighted by Crippen LogP contribution is -2.51. The van der Waals surface area contributed by atoms with E-state index in [1.807, 2.05) is 6.20 Å². The molecule has 4 aliphatic rings. The molecule has 0 aliphatic heterocycles. The van der Waals surface area contributed by atoms with Gasteiger partial charge in [0.25, 0.3) is 0 Å². The number of nitrogens with zero attached hydrogens (tertiary/aromatic N) is 2. The molecule has 0 atom stereocenters. The fourth-order valence-corrected chi connectivity index (χ4v) is 7.13. The number of fused-ring (bicyclic) bond motifs is 1. The lowest BCUT2D eigenvalue weighted by atomic mass is 9.54. The van der Waals surface area contributed by atoms with E-state index in [0.717, 1.165) is 59.3 Å². The number of ether oxygens (including phenoxy) is 1. The van der Waals surface area contributed by atoms with Crippen LogP contribution in [0, 0.1) is 23.7 Å². The van der Waals surface area contributed by atoms with Gasteiger partial charge < -0.3 is 14.6 Å². The number of hydrogen-bond donors (Lipinski definition) is 1. The maximum Gasteiger partial charge on any atom is 0.153 e. The normalized spacial score (nSPS) is 30.2. The van der Waals surface area contributed by atoms with Crippen molar-refractivity contribution in [3.8, 4) is 0 Å². The Morgan fingerprint density at radius 2 is 1.87 bits per heavy atom. The Kier molecular flexibility index (Phi) is 5.26. The predicted molar refractivity (Wildman–Crippen MR) is 124 cm³/mol. The number of aromatic nitrogens is 2. The number of carbonyl (C=O) groups is 1. The highest BCUT2D eigenvalue weighted by molar-refractivity contribution is 6.76. The van der Waals surface area contributed by atoms with E-state index in [0.29, 0.717) is 18.3 Å². The van der Waals surface area contributed by atoms with Crippen LogP contribution in [0.25, 0.3) is 11.0 Å². The number of aldehydes is 1. The summed E-state index contributed by atoms with van der Waals surface area (Å²) in [5.74, 6) is 3.41. The van der Waals surface area contributed by atoms with Crippen LogP contribution < -0.4 is 5.32 Å². The summed E-state index contributed by atoms with van der Waals surface area (Å²) in [7, 11) is -1.09. The molecule has 162 valence electrons. The van der Waals surface area contributed by atoms with Crippen LogP contribution in [0.4, 0.5) is 5.69 Å². The SMILES string of the molecule is C[Si](C)(C)CCOCn1ccc2c(NC3C4CC5CC(C4)CC3C5)c(C=O)cnc21. The van der Waals surface area contributed by atoms with Crippen molar-refractivity contribution in [2.45, 2.75) is 70.6 Å². The predicted octanol–water partition coefficient (Wildman–Crippen LogP) is 5.40. The topological polar surface area (TPSA) is 56.1 Å². The number of hydrogen-bond acceptors (Lipinski definition) is 4. The van der Waals surface area contributed by atoms with Gasteiger partial charge in [0.1, 0.15) is 12.4 Å². The molecule has 2 heterocycles. The molecule has 0 aromatic carbocycles. The number of carbonyl (C=O) groups excluding carboxylic acids is 1. The van der Waals surface area contributed by atoms with E-state index in [1.54, 1.807) is 6.20 Å². The summed E-state index contributed by atoms with van der Waals surface area (Å²) < 4.78 is 8.02. The fraction of sp³-hybridized carbons (Fsp3) is 0.667. The minimum atomic E-state index is -1.09. The third kappa shape index (κ3) is 3.84. The molecule has 0 spiro atoms. The number of nitrogens with one attached hydrogen (secondary N) is 1. The summed E-state index contributed by atoms with van der Waals surface area (Å²) in [5.41, 5.74) is 2.56. The smallest absolute Gasteiger partial charge is 0.153 e. The molecular formula is C24H35N3O2Si. The average molecular weight is 426 g/mol. The molecule has 4 fully saturated rings. The van der Waals surface area contributed by atoms with Crippen molar-refractivity contribution in [1.29, 1.82) is 0 Å². The van der Waals surface area contributed by atoms with Crippen LogP contribution in [0.1, 0.15) is 42.5 Å². The lowest BCUT2D eigenvalue weighted by molar-refractivity contribution is 0.00756. The minimum absolute atomic E-state index is 0.499. The molecule has 0 amide bonds. The monoisotopic (exact) mass is 425 g/mol. The van der Waals surface area contributed by atoms with Gasteiger partial charge in [-0.3, -0.25) is 4.79 Å². The Hall–Kier alpha value is -1.66. The highest BCUT2D eigenvalue weighted by Crippen LogP contribution is 2.54. The van der Waals surface area contributed by atoms with Gasteiger partial charge in [-0.15, -0.1) is 0 Å². The van der Waals surface area contributed by atoms with Gasteiger partial charge >= 0.3 is 0 Å². The third-order valence-electron chi connectivity index (χ3n) is 7.71. The second-order valence-electron chi connectivity index (χ2n) is 11.2. The van der Waals surface area contributed by atoms with E-state index >= 15 is 0 Å². The van der Waals surface area contributed by atoms with Crippen LogP contribution in [0.3, 0.4) is 0 Å². The summed E-state index contributed by atoms with van der Waals surface area (Å²) in [5, 5.41) is 4.91. The molecular weight excluding hydrogens is 390 g/mol. The Morgan fingerprint density at radius 1 is 1.17 bits per heavy atom. The molecule has 2 aromatic rings. The van der Waals surface area contributed by atoms with E-state index in [4.69, 9.17) is 4.74 Å². The molecule has 6 rings (SSSR count).